The lowest BCUT2D eigenvalue weighted by molar-refractivity contribution is 0.0645. The lowest BCUT2D eigenvalue weighted by atomic mass is 9.54. The number of nitrogens with zero attached hydrogens (tertiary/aromatic N) is 3. The van der Waals surface area contributed by atoms with Gasteiger partial charge in [0, 0.05) is 0 Å². The van der Waals surface area contributed by atoms with Crippen LogP contribution in [0.5, 0.6) is 0 Å². The number of fused-ring (bicyclic) bond motifs is 1. The SMILES string of the molecule is C=C1CCC[C@]2(C)CCC(c3cn(-c4ccc(C)cc4)nn3)=CC[C@@]12C. The van der Waals surface area contributed by atoms with Gasteiger partial charge in [0.25, 0.3) is 0 Å². The normalized spacial score (nSPS) is 29.0. The van der Waals surface area contributed by atoms with E-state index >= 15 is 0 Å². The van der Waals surface area contributed by atoms with Gasteiger partial charge in [0.2, 0.25) is 0 Å². The van der Waals surface area contributed by atoms with Crippen LogP contribution in [-0.2, 0) is 0 Å². The number of aryl methyl sites for hydroxylation is 1. The third-order valence-electron chi connectivity index (χ3n) is 7.14. The Morgan fingerprint density at radius 3 is 2.62 bits per heavy atom. The van der Waals surface area contributed by atoms with Crippen LogP contribution in [0.25, 0.3) is 11.3 Å². The predicted octanol–water partition coefficient (Wildman–Crippen LogP) is 5.90. The predicted molar refractivity (Wildman–Crippen MR) is 107 cm³/mol. The highest BCUT2D eigenvalue weighted by molar-refractivity contribution is 5.63. The van der Waals surface area contributed by atoms with E-state index in [9.17, 15) is 0 Å². The zero-order valence-electron chi connectivity index (χ0n) is 16.3. The Morgan fingerprint density at radius 2 is 1.85 bits per heavy atom. The molecule has 2 aromatic rings. The monoisotopic (exact) mass is 347 g/mol. The molecule has 3 heteroatoms. The fourth-order valence-corrected chi connectivity index (χ4v) is 4.77. The minimum Gasteiger partial charge on any atom is -0.220 e. The van der Waals surface area contributed by atoms with Gasteiger partial charge < -0.3 is 0 Å². The van der Waals surface area contributed by atoms with Gasteiger partial charge in [0.05, 0.1) is 11.9 Å². The molecule has 0 aliphatic heterocycles. The number of hydrogen-bond donors (Lipinski definition) is 0. The van der Waals surface area contributed by atoms with Crippen molar-refractivity contribution in [1.29, 1.82) is 0 Å². The Labute approximate surface area is 156 Å². The van der Waals surface area contributed by atoms with Crippen molar-refractivity contribution in [3.05, 3.63) is 59.9 Å². The minimum absolute atomic E-state index is 0.208. The van der Waals surface area contributed by atoms with Crippen molar-refractivity contribution in [2.24, 2.45) is 10.8 Å². The van der Waals surface area contributed by atoms with E-state index in [2.05, 4.69) is 74.2 Å². The van der Waals surface area contributed by atoms with Crippen LogP contribution in [0, 0.1) is 17.8 Å². The molecule has 1 fully saturated rings. The topological polar surface area (TPSA) is 30.7 Å². The van der Waals surface area contributed by atoms with Gasteiger partial charge >= 0.3 is 0 Å². The molecule has 4 rings (SSSR count). The maximum atomic E-state index is 4.48. The molecule has 3 nitrogen and oxygen atoms in total. The third kappa shape index (κ3) is 2.74. The van der Waals surface area contributed by atoms with Crippen LogP contribution in [0.1, 0.15) is 63.6 Å². The van der Waals surface area contributed by atoms with Gasteiger partial charge in [-0.25, -0.2) is 4.68 Å². The maximum absolute atomic E-state index is 4.48. The summed E-state index contributed by atoms with van der Waals surface area (Å²) < 4.78 is 1.88. The van der Waals surface area contributed by atoms with Crippen LogP contribution >= 0.6 is 0 Å². The molecular formula is C23H29N3. The van der Waals surface area contributed by atoms with E-state index in [1.54, 1.807) is 0 Å². The van der Waals surface area contributed by atoms with Crippen LogP contribution < -0.4 is 0 Å². The van der Waals surface area contributed by atoms with Crippen molar-refractivity contribution in [2.45, 2.75) is 59.3 Å². The second-order valence-electron chi connectivity index (χ2n) is 8.67. The summed E-state index contributed by atoms with van der Waals surface area (Å²) in [5, 5.41) is 8.85. The smallest absolute Gasteiger partial charge is 0.109 e. The van der Waals surface area contributed by atoms with E-state index in [0.717, 1.165) is 24.2 Å². The molecule has 2 aliphatic rings. The van der Waals surface area contributed by atoms with Gasteiger partial charge in [-0.15, -0.1) is 5.10 Å². The van der Waals surface area contributed by atoms with Crippen molar-refractivity contribution in [3.8, 4) is 5.69 Å². The fraction of sp³-hybridized carbons (Fsp3) is 0.478. The lowest BCUT2D eigenvalue weighted by Gasteiger charge is -2.51. The second kappa shape index (κ2) is 6.22. The molecule has 1 aromatic heterocycles. The van der Waals surface area contributed by atoms with E-state index in [4.69, 9.17) is 0 Å². The van der Waals surface area contributed by atoms with E-state index in [1.165, 1.54) is 42.4 Å². The molecule has 1 heterocycles. The van der Waals surface area contributed by atoms with Gasteiger partial charge in [-0.05, 0) is 74.0 Å². The maximum Gasteiger partial charge on any atom is 0.109 e. The van der Waals surface area contributed by atoms with Crippen molar-refractivity contribution >= 4 is 5.57 Å². The molecule has 0 radical (unpaired) electrons. The molecule has 0 saturated heterocycles. The van der Waals surface area contributed by atoms with Crippen LogP contribution in [0.15, 0.2) is 48.7 Å². The lowest BCUT2D eigenvalue weighted by Crippen LogP contribution is -2.41. The first-order valence-corrected chi connectivity index (χ1v) is 9.78. The van der Waals surface area contributed by atoms with E-state index in [1.807, 2.05) is 4.68 Å². The molecule has 0 bridgehead atoms. The van der Waals surface area contributed by atoms with E-state index < -0.39 is 0 Å². The van der Waals surface area contributed by atoms with Crippen LogP contribution in [-0.4, -0.2) is 15.0 Å². The molecule has 0 unspecified atom stereocenters. The van der Waals surface area contributed by atoms with E-state index in [0.29, 0.717) is 5.41 Å². The first kappa shape index (κ1) is 17.3. The van der Waals surface area contributed by atoms with Gasteiger partial charge in [-0.2, -0.15) is 0 Å². The van der Waals surface area contributed by atoms with Crippen LogP contribution in [0.2, 0.25) is 0 Å². The molecule has 1 saturated carbocycles. The summed E-state index contributed by atoms with van der Waals surface area (Å²) in [5.41, 5.74) is 6.66. The first-order chi connectivity index (χ1) is 12.4. The summed E-state index contributed by atoms with van der Waals surface area (Å²) in [6.45, 7) is 11.4. The summed E-state index contributed by atoms with van der Waals surface area (Å²) >= 11 is 0. The fourth-order valence-electron chi connectivity index (χ4n) is 4.77. The summed E-state index contributed by atoms with van der Waals surface area (Å²) in [6, 6.07) is 8.41. The Bertz CT molecular complexity index is 858. The summed E-state index contributed by atoms with van der Waals surface area (Å²) in [4.78, 5) is 0. The third-order valence-corrected chi connectivity index (χ3v) is 7.14. The Kier molecular flexibility index (Phi) is 4.13. The zero-order valence-corrected chi connectivity index (χ0v) is 16.3. The molecule has 2 atom stereocenters. The molecule has 0 N–H and O–H groups in total. The van der Waals surface area contributed by atoms with Gasteiger partial charge in [-0.3, -0.25) is 0 Å². The standard InChI is InChI=1S/C23H29N3/c1-17-7-9-20(10-8-17)26-16-21(24-25-26)19-11-14-22(3)13-5-6-18(2)23(22,4)15-12-19/h7-10,12,16H,2,5-6,11,13-15H2,1,3-4H3/t22-,23+/m1/s1. The van der Waals surface area contributed by atoms with Gasteiger partial charge in [0.15, 0.2) is 0 Å². The zero-order chi connectivity index (χ0) is 18.4. The average molecular weight is 348 g/mol. The molecular weight excluding hydrogens is 318 g/mol. The van der Waals surface area contributed by atoms with Crippen LogP contribution in [0.4, 0.5) is 0 Å². The Morgan fingerprint density at radius 1 is 1.08 bits per heavy atom. The quantitative estimate of drug-likeness (QED) is 0.634. The van der Waals surface area contributed by atoms with Crippen LogP contribution in [0.3, 0.4) is 0 Å². The molecule has 0 spiro atoms. The number of allylic oxidation sites excluding steroid dienone is 3. The van der Waals surface area contributed by atoms with Gasteiger partial charge in [0.1, 0.15) is 5.69 Å². The highest BCUT2D eigenvalue weighted by atomic mass is 15.4. The number of rotatable bonds is 2. The number of hydrogen-bond acceptors (Lipinski definition) is 2. The largest absolute Gasteiger partial charge is 0.220 e. The summed E-state index contributed by atoms with van der Waals surface area (Å²) in [5.74, 6) is 0. The van der Waals surface area contributed by atoms with Gasteiger partial charge in [-0.1, -0.05) is 55.0 Å². The Balaban J connectivity index is 1.62. The second-order valence-corrected chi connectivity index (χ2v) is 8.67. The highest BCUT2D eigenvalue weighted by Gasteiger charge is 2.48. The molecule has 1 aromatic carbocycles. The van der Waals surface area contributed by atoms with Crippen molar-refractivity contribution < 1.29 is 0 Å². The number of benzene rings is 1. The first-order valence-electron chi connectivity index (χ1n) is 9.78. The van der Waals surface area contributed by atoms with E-state index in [-0.39, 0.29) is 5.41 Å². The van der Waals surface area contributed by atoms with Crippen molar-refractivity contribution in [1.82, 2.24) is 15.0 Å². The molecule has 2 aliphatic carbocycles. The minimum atomic E-state index is 0.208. The number of aromatic nitrogens is 3. The van der Waals surface area contributed by atoms with Crippen molar-refractivity contribution in [3.63, 3.8) is 0 Å². The summed E-state index contributed by atoms with van der Waals surface area (Å²) in [6.07, 6.45) is 11.6. The molecule has 136 valence electrons. The Hall–Kier alpha value is -2.16. The molecule has 26 heavy (non-hydrogen) atoms. The highest BCUT2D eigenvalue weighted by Crippen LogP contribution is 2.59. The molecule has 0 amide bonds. The average Bonchev–Trinajstić information content (AvgIpc) is 3.05. The summed E-state index contributed by atoms with van der Waals surface area (Å²) in [7, 11) is 0. The van der Waals surface area contributed by atoms with Crippen molar-refractivity contribution in [2.75, 3.05) is 0 Å².